The number of hydrogen-bond acceptors (Lipinski definition) is 5. The van der Waals surface area contributed by atoms with Crippen LogP contribution < -0.4 is 5.32 Å². The van der Waals surface area contributed by atoms with E-state index >= 15 is 0 Å². The van der Waals surface area contributed by atoms with Crippen molar-refractivity contribution in [3.63, 3.8) is 0 Å². The summed E-state index contributed by atoms with van der Waals surface area (Å²) in [6.45, 7) is 2.55. The number of likely N-dealkylation sites (tertiary alicyclic amines) is 1. The second kappa shape index (κ2) is 6.73. The third-order valence-electron chi connectivity index (χ3n) is 4.54. The third-order valence-corrected chi connectivity index (χ3v) is 5.53. The average molecular weight is 322 g/mol. The van der Waals surface area contributed by atoms with Crippen molar-refractivity contribution in [3.05, 3.63) is 5.01 Å². The molecule has 7 heteroatoms. The van der Waals surface area contributed by atoms with Crippen LogP contribution in [0.3, 0.4) is 0 Å². The number of carbonyl (C=O) groups is 2. The van der Waals surface area contributed by atoms with E-state index in [0.717, 1.165) is 24.3 Å². The second-order valence-corrected chi connectivity index (χ2v) is 7.14. The highest BCUT2D eigenvalue weighted by molar-refractivity contribution is 7.15. The summed E-state index contributed by atoms with van der Waals surface area (Å²) >= 11 is 1.40. The molecule has 6 nitrogen and oxygen atoms in total. The van der Waals surface area contributed by atoms with Gasteiger partial charge in [0.05, 0.1) is 5.92 Å². The predicted molar refractivity (Wildman–Crippen MR) is 84.6 cm³/mol. The molecule has 1 saturated carbocycles. The first-order chi connectivity index (χ1) is 10.7. The lowest BCUT2D eigenvalue weighted by Crippen LogP contribution is -2.38. The van der Waals surface area contributed by atoms with Crippen LogP contribution in [-0.2, 0) is 16.0 Å². The first kappa shape index (κ1) is 15.4. The van der Waals surface area contributed by atoms with E-state index in [-0.39, 0.29) is 17.7 Å². The van der Waals surface area contributed by atoms with E-state index in [9.17, 15) is 9.59 Å². The summed E-state index contributed by atoms with van der Waals surface area (Å²) in [5.74, 6) is -0.243. The number of aromatic nitrogens is 2. The van der Waals surface area contributed by atoms with Crippen LogP contribution in [0.4, 0.5) is 5.13 Å². The Morgan fingerprint density at radius 3 is 2.77 bits per heavy atom. The number of nitrogens with one attached hydrogen (secondary N) is 1. The molecule has 0 unspecified atom stereocenters. The van der Waals surface area contributed by atoms with Crippen LogP contribution >= 0.6 is 11.3 Å². The van der Waals surface area contributed by atoms with Crippen molar-refractivity contribution >= 4 is 28.3 Å². The predicted octanol–water partition coefficient (Wildman–Crippen LogP) is 2.22. The molecule has 1 aliphatic heterocycles. The van der Waals surface area contributed by atoms with Crippen molar-refractivity contribution in [2.75, 3.05) is 11.9 Å². The maximum atomic E-state index is 12.3. The highest BCUT2D eigenvalue weighted by Gasteiger charge is 2.38. The first-order valence-corrected chi connectivity index (χ1v) is 8.91. The lowest BCUT2D eigenvalue weighted by Gasteiger charge is -2.31. The number of nitrogens with zero attached hydrogens (tertiary/aromatic N) is 3. The molecular weight excluding hydrogens is 300 g/mol. The fourth-order valence-corrected chi connectivity index (χ4v) is 3.99. The second-order valence-electron chi connectivity index (χ2n) is 6.08. The smallest absolute Gasteiger partial charge is 0.231 e. The number of anilines is 1. The van der Waals surface area contributed by atoms with Gasteiger partial charge in [-0.25, -0.2) is 0 Å². The zero-order valence-electron chi connectivity index (χ0n) is 12.9. The van der Waals surface area contributed by atoms with Crippen LogP contribution in [0.1, 0.15) is 50.5 Å². The van der Waals surface area contributed by atoms with Gasteiger partial charge in [0.25, 0.3) is 0 Å². The Balaban J connectivity index is 1.58. The van der Waals surface area contributed by atoms with Crippen molar-refractivity contribution in [1.82, 2.24) is 15.1 Å². The molecule has 1 aliphatic carbocycles. The molecule has 0 radical (unpaired) electrons. The third kappa shape index (κ3) is 3.29. The molecular formula is C15H22N4O2S. The van der Waals surface area contributed by atoms with E-state index in [0.29, 0.717) is 24.1 Å². The minimum atomic E-state index is -0.261. The molecule has 1 N–H and O–H groups in total. The maximum absolute atomic E-state index is 12.3. The highest BCUT2D eigenvalue weighted by atomic mass is 32.1. The molecule has 0 spiro atoms. The standard InChI is InChI=1S/C15H22N4O2S/c1-2-12-17-18-15(22-12)16-14(21)10-8-13(20)19(9-10)11-6-4-3-5-7-11/h10-11H,2-9H2,1H3,(H,16,18,21)/t10-/m1/s1. The van der Waals surface area contributed by atoms with Crippen LogP contribution in [0.5, 0.6) is 0 Å². The molecule has 2 fully saturated rings. The monoisotopic (exact) mass is 322 g/mol. The SMILES string of the molecule is CCc1nnc(NC(=O)[C@@H]2CC(=O)N(C3CCCCC3)C2)s1. The molecule has 3 rings (SSSR count). The van der Waals surface area contributed by atoms with Gasteiger partial charge in [0, 0.05) is 19.0 Å². The Hall–Kier alpha value is -1.50. The summed E-state index contributed by atoms with van der Waals surface area (Å²) in [5, 5.41) is 12.2. The summed E-state index contributed by atoms with van der Waals surface area (Å²) in [6, 6.07) is 0.340. The van der Waals surface area contributed by atoms with Gasteiger partial charge in [-0.15, -0.1) is 10.2 Å². The van der Waals surface area contributed by atoms with Crippen molar-refractivity contribution in [2.24, 2.45) is 5.92 Å². The maximum Gasteiger partial charge on any atom is 0.231 e. The Labute approximate surface area is 134 Å². The minimum absolute atomic E-state index is 0.106. The van der Waals surface area contributed by atoms with E-state index in [4.69, 9.17) is 0 Å². The number of hydrogen-bond donors (Lipinski definition) is 1. The van der Waals surface area contributed by atoms with Crippen LogP contribution in [0.15, 0.2) is 0 Å². The molecule has 1 aromatic rings. The van der Waals surface area contributed by atoms with Gasteiger partial charge >= 0.3 is 0 Å². The molecule has 2 aliphatic rings. The average Bonchev–Trinajstić information content (AvgIpc) is 3.14. The molecule has 22 heavy (non-hydrogen) atoms. The number of rotatable bonds is 4. The van der Waals surface area contributed by atoms with Gasteiger partial charge in [-0.1, -0.05) is 37.5 Å². The molecule has 1 saturated heterocycles. The number of aryl methyl sites for hydroxylation is 1. The van der Waals surface area contributed by atoms with Gasteiger partial charge in [0.1, 0.15) is 5.01 Å². The molecule has 2 amide bonds. The van der Waals surface area contributed by atoms with Crippen LogP contribution in [0.25, 0.3) is 0 Å². The minimum Gasteiger partial charge on any atom is -0.339 e. The van der Waals surface area contributed by atoms with Crippen molar-refractivity contribution < 1.29 is 9.59 Å². The van der Waals surface area contributed by atoms with Gasteiger partial charge in [-0.3, -0.25) is 9.59 Å². The van der Waals surface area contributed by atoms with Crippen molar-refractivity contribution in [2.45, 2.75) is 57.9 Å². The van der Waals surface area contributed by atoms with Gasteiger partial charge in [-0.05, 0) is 19.3 Å². The van der Waals surface area contributed by atoms with Crippen LogP contribution in [-0.4, -0.2) is 39.5 Å². The Bertz CT molecular complexity index is 553. The van der Waals surface area contributed by atoms with Gasteiger partial charge in [-0.2, -0.15) is 0 Å². The van der Waals surface area contributed by atoms with Crippen LogP contribution in [0, 0.1) is 5.92 Å². The summed E-state index contributed by atoms with van der Waals surface area (Å²) in [5.41, 5.74) is 0. The zero-order valence-corrected chi connectivity index (χ0v) is 13.7. The fraction of sp³-hybridized carbons (Fsp3) is 0.733. The van der Waals surface area contributed by atoms with E-state index in [1.54, 1.807) is 0 Å². The van der Waals surface area contributed by atoms with Gasteiger partial charge in [0.2, 0.25) is 16.9 Å². The molecule has 0 bridgehead atoms. The Morgan fingerprint density at radius 1 is 1.32 bits per heavy atom. The molecule has 2 heterocycles. The highest BCUT2D eigenvalue weighted by Crippen LogP contribution is 2.29. The molecule has 120 valence electrons. The zero-order chi connectivity index (χ0) is 15.5. The molecule has 1 atom stereocenters. The first-order valence-electron chi connectivity index (χ1n) is 8.10. The lowest BCUT2D eigenvalue weighted by atomic mass is 9.94. The van der Waals surface area contributed by atoms with Gasteiger partial charge in [0.15, 0.2) is 0 Å². The van der Waals surface area contributed by atoms with E-state index in [2.05, 4.69) is 15.5 Å². The quantitative estimate of drug-likeness (QED) is 0.922. The molecule has 1 aromatic heterocycles. The Morgan fingerprint density at radius 2 is 2.09 bits per heavy atom. The van der Waals surface area contributed by atoms with Gasteiger partial charge < -0.3 is 10.2 Å². The molecule has 0 aromatic carbocycles. The topological polar surface area (TPSA) is 75.2 Å². The Kier molecular flexibility index (Phi) is 4.71. The summed E-state index contributed by atoms with van der Waals surface area (Å²) in [6.07, 6.45) is 6.93. The van der Waals surface area contributed by atoms with E-state index in [1.807, 2.05) is 11.8 Å². The number of carbonyl (C=O) groups excluding carboxylic acids is 2. The largest absolute Gasteiger partial charge is 0.339 e. The summed E-state index contributed by atoms with van der Waals surface area (Å²) in [7, 11) is 0. The lowest BCUT2D eigenvalue weighted by molar-refractivity contribution is -0.130. The summed E-state index contributed by atoms with van der Waals surface area (Å²) < 4.78 is 0. The normalized spacial score (nSPS) is 23.0. The fourth-order valence-electron chi connectivity index (χ4n) is 3.31. The van der Waals surface area contributed by atoms with E-state index < -0.39 is 0 Å². The number of amides is 2. The summed E-state index contributed by atoms with van der Waals surface area (Å²) in [4.78, 5) is 26.5. The van der Waals surface area contributed by atoms with E-state index in [1.165, 1.54) is 30.6 Å². The van der Waals surface area contributed by atoms with Crippen molar-refractivity contribution in [1.29, 1.82) is 0 Å². The van der Waals surface area contributed by atoms with Crippen LogP contribution in [0.2, 0.25) is 0 Å². The van der Waals surface area contributed by atoms with Crippen molar-refractivity contribution in [3.8, 4) is 0 Å².